The molecule has 2 heterocycles. The second-order valence-corrected chi connectivity index (χ2v) is 9.24. The van der Waals surface area contributed by atoms with Gasteiger partial charge in [0.25, 0.3) is 0 Å². The maximum atomic E-state index is 3.56. The quantitative estimate of drug-likeness (QED) is 0.479. The first-order valence-electron chi connectivity index (χ1n) is 11.2. The van der Waals surface area contributed by atoms with Gasteiger partial charge in [-0.1, -0.05) is 48.5 Å². The zero-order valence-corrected chi connectivity index (χ0v) is 17.6. The summed E-state index contributed by atoms with van der Waals surface area (Å²) in [4.78, 5) is 6.19. The van der Waals surface area contributed by atoms with Crippen molar-refractivity contribution in [1.82, 2.24) is 15.2 Å². The van der Waals surface area contributed by atoms with Crippen molar-refractivity contribution in [2.75, 3.05) is 20.1 Å². The van der Waals surface area contributed by atoms with Crippen LogP contribution in [0.4, 0.5) is 0 Å². The lowest BCUT2D eigenvalue weighted by Crippen LogP contribution is -2.41. The predicted molar refractivity (Wildman–Crippen MR) is 125 cm³/mol. The Kier molecular flexibility index (Phi) is 4.22. The monoisotopic (exact) mass is 395 g/mol. The molecule has 6 rings (SSSR count). The molecule has 30 heavy (non-hydrogen) atoms. The fourth-order valence-electron chi connectivity index (χ4n) is 6.02. The molecule has 1 aliphatic carbocycles. The number of para-hydroxylation sites is 1. The molecule has 1 aromatic heterocycles. The third-order valence-electron chi connectivity index (χ3n) is 7.64. The summed E-state index contributed by atoms with van der Waals surface area (Å²) >= 11 is 0. The van der Waals surface area contributed by atoms with Crippen molar-refractivity contribution in [3.8, 4) is 0 Å². The van der Waals surface area contributed by atoms with E-state index in [0.29, 0.717) is 11.5 Å². The molecule has 1 fully saturated rings. The van der Waals surface area contributed by atoms with Crippen LogP contribution in [0.5, 0.6) is 0 Å². The topological polar surface area (TPSA) is 31.1 Å². The summed E-state index contributed by atoms with van der Waals surface area (Å²) in [5, 5.41) is 6.23. The number of rotatable bonds is 3. The number of aromatic nitrogens is 1. The van der Waals surface area contributed by atoms with Crippen molar-refractivity contribution in [1.29, 1.82) is 0 Å². The van der Waals surface area contributed by atoms with Gasteiger partial charge in [-0.25, -0.2) is 0 Å². The van der Waals surface area contributed by atoms with Crippen LogP contribution in [-0.2, 0) is 12.0 Å². The van der Waals surface area contributed by atoms with Gasteiger partial charge in [0.1, 0.15) is 0 Å². The van der Waals surface area contributed by atoms with Crippen molar-refractivity contribution in [2.45, 2.75) is 37.3 Å². The van der Waals surface area contributed by atoms with Gasteiger partial charge < -0.3 is 10.3 Å². The molecule has 3 nitrogen and oxygen atoms in total. The molecule has 1 aliphatic heterocycles. The molecule has 1 unspecified atom stereocenters. The van der Waals surface area contributed by atoms with Crippen molar-refractivity contribution in [3.05, 3.63) is 83.4 Å². The summed E-state index contributed by atoms with van der Waals surface area (Å²) in [6.45, 7) is 3.40. The molecular weight excluding hydrogens is 366 g/mol. The van der Waals surface area contributed by atoms with E-state index in [1.54, 1.807) is 5.56 Å². The van der Waals surface area contributed by atoms with E-state index in [-0.39, 0.29) is 0 Å². The van der Waals surface area contributed by atoms with Crippen LogP contribution >= 0.6 is 0 Å². The van der Waals surface area contributed by atoms with Gasteiger partial charge in [-0.2, -0.15) is 0 Å². The standard InChI is InChI=1S/C27H29N3/c1-28-26-17-27(23-8-4-2-7-21(23)26)12-14-30(15-13-27)18-19-10-11-25-22(16-19)20-6-3-5-9-24(20)29-25/h2-11,16,26,28-29H,12-15,17-18H2,1H3. The molecule has 4 aromatic rings. The summed E-state index contributed by atoms with van der Waals surface area (Å²) in [5.74, 6) is 0. The minimum atomic E-state index is 0.363. The van der Waals surface area contributed by atoms with E-state index in [9.17, 15) is 0 Å². The lowest BCUT2D eigenvalue weighted by molar-refractivity contribution is 0.147. The SMILES string of the molecule is CNC1CC2(CCN(Cc3ccc4[nH]c5ccccc5c4c3)CC2)c2ccccc21. The number of likely N-dealkylation sites (tertiary alicyclic amines) is 1. The Labute approximate surface area is 178 Å². The number of nitrogens with zero attached hydrogens (tertiary/aromatic N) is 1. The van der Waals surface area contributed by atoms with Crippen LogP contribution in [0.3, 0.4) is 0 Å². The van der Waals surface area contributed by atoms with Gasteiger partial charge >= 0.3 is 0 Å². The van der Waals surface area contributed by atoms with Crippen LogP contribution in [-0.4, -0.2) is 30.0 Å². The first-order chi connectivity index (χ1) is 14.8. The van der Waals surface area contributed by atoms with E-state index in [4.69, 9.17) is 0 Å². The highest BCUT2D eigenvalue weighted by molar-refractivity contribution is 6.07. The zero-order chi connectivity index (χ0) is 20.1. The summed E-state index contributed by atoms with van der Waals surface area (Å²) < 4.78 is 0. The van der Waals surface area contributed by atoms with Gasteiger partial charge in [-0.3, -0.25) is 4.90 Å². The van der Waals surface area contributed by atoms with Crippen LogP contribution in [0, 0.1) is 0 Å². The number of benzene rings is 3. The molecule has 2 aliphatic rings. The van der Waals surface area contributed by atoms with Crippen LogP contribution in [0.15, 0.2) is 66.7 Å². The van der Waals surface area contributed by atoms with Crippen LogP contribution in [0.1, 0.15) is 42.0 Å². The molecule has 1 saturated heterocycles. The van der Waals surface area contributed by atoms with Gasteiger partial charge in [0, 0.05) is 34.4 Å². The number of nitrogens with one attached hydrogen (secondary N) is 2. The number of hydrogen-bond donors (Lipinski definition) is 2. The molecule has 0 saturated carbocycles. The van der Waals surface area contributed by atoms with Crippen molar-refractivity contribution < 1.29 is 0 Å². The minimum Gasteiger partial charge on any atom is -0.355 e. The molecule has 1 atom stereocenters. The predicted octanol–water partition coefficient (Wildman–Crippen LogP) is 5.52. The summed E-state index contributed by atoms with van der Waals surface area (Å²) in [5.41, 5.74) is 7.37. The van der Waals surface area contributed by atoms with Gasteiger partial charge in [0.05, 0.1) is 0 Å². The number of hydrogen-bond acceptors (Lipinski definition) is 2. The Morgan fingerprint density at radius 3 is 2.57 bits per heavy atom. The zero-order valence-electron chi connectivity index (χ0n) is 17.6. The number of piperidine rings is 1. The summed E-state index contributed by atoms with van der Waals surface area (Å²) in [7, 11) is 2.11. The molecule has 2 N–H and O–H groups in total. The van der Waals surface area contributed by atoms with E-state index in [1.165, 1.54) is 65.3 Å². The number of H-pyrrole nitrogens is 1. The fraction of sp³-hybridized carbons (Fsp3) is 0.333. The third kappa shape index (κ3) is 2.80. The largest absolute Gasteiger partial charge is 0.355 e. The Hall–Kier alpha value is -2.62. The smallest absolute Gasteiger partial charge is 0.0465 e. The lowest BCUT2D eigenvalue weighted by atomic mass is 9.73. The van der Waals surface area contributed by atoms with Crippen LogP contribution < -0.4 is 5.32 Å². The number of fused-ring (bicyclic) bond motifs is 5. The van der Waals surface area contributed by atoms with Crippen molar-refractivity contribution in [2.24, 2.45) is 0 Å². The molecule has 1 spiro atoms. The average molecular weight is 396 g/mol. The van der Waals surface area contributed by atoms with Crippen LogP contribution in [0.25, 0.3) is 21.8 Å². The summed E-state index contributed by atoms with van der Waals surface area (Å²) in [6, 6.07) is 25.2. The first kappa shape index (κ1) is 18.2. The summed E-state index contributed by atoms with van der Waals surface area (Å²) in [6.07, 6.45) is 3.77. The van der Waals surface area contributed by atoms with E-state index in [0.717, 1.165) is 6.54 Å². The molecule has 3 aromatic carbocycles. The Balaban J connectivity index is 1.22. The Bertz CT molecular complexity index is 1210. The first-order valence-corrected chi connectivity index (χ1v) is 11.2. The molecule has 152 valence electrons. The van der Waals surface area contributed by atoms with E-state index < -0.39 is 0 Å². The Morgan fingerprint density at radius 2 is 1.70 bits per heavy atom. The lowest BCUT2D eigenvalue weighted by Gasteiger charge is -2.40. The van der Waals surface area contributed by atoms with Gasteiger partial charge in [0.15, 0.2) is 0 Å². The third-order valence-corrected chi connectivity index (χ3v) is 7.64. The van der Waals surface area contributed by atoms with Crippen molar-refractivity contribution >= 4 is 21.8 Å². The van der Waals surface area contributed by atoms with Gasteiger partial charge in [0.2, 0.25) is 0 Å². The Morgan fingerprint density at radius 1 is 0.933 bits per heavy atom. The van der Waals surface area contributed by atoms with Gasteiger partial charge in [-0.15, -0.1) is 0 Å². The van der Waals surface area contributed by atoms with E-state index >= 15 is 0 Å². The molecule has 3 heteroatoms. The maximum absolute atomic E-state index is 3.56. The van der Waals surface area contributed by atoms with E-state index in [1.807, 2.05) is 0 Å². The highest BCUT2D eigenvalue weighted by Gasteiger charge is 2.44. The van der Waals surface area contributed by atoms with Crippen molar-refractivity contribution in [3.63, 3.8) is 0 Å². The van der Waals surface area contributed by atoms with Crippen LogP contribution in [0.2, 0.25) is 0 Å². The van der Waals surface area contributed by atoms with Gasteiger partial charge in [-0.05, 0) is 79.7 Å². The second-order valence-electron chi connectivity index (χ2n) is 9.24. The maximum Gasteiger partial charge on any atom is 0.0465 e. The molecule has 0 amide bonds. The second kappa shape index (κ2) is 6.97. The highest BCUT2D eigenvalue weighted by atomic mass is 15.1. The number of aromatic amines is 1. The molecule has 0 radical (unpaired) electrons. The highest BCUT2D eigenvalue weighted by Crippen LogP contribution is 2.50. The molecular formula is C27H29N3. The van der Waals surface area contributed by atoms with E-state index in [2.05, 4.69) is 89.0 Å². The minimum absolute atomic E-state index is 0.363. The normalized spacial score (nSPS) is 20.9. The fourth-order valence-corrected chi connectivity index (χ4v) is 6.02. The average Bonchev–Trinajstić information content (AvgIpc) is 3.31. The molecule has 0 bridgehead atoms.